The molecule has 3 N–H and O–H groups in total. The van der Waals surface area contributed by atoms with Crippen LogP contribution in [-0.4, -0.2) is 38.8 Å². The molecule has 0 atom stereocenters. The molecule has 5 nitrogen and oxygen atoms in total. The number of rotatable bonds is 4. The maximum Gasteiger partial charge on any atom is 0.193 e. The summed E-state index contributed by atoms with van der Waals surface area (Å²) in [5.41, 5.74) is 8.03. The fraction of sp³-hybridized carbons (Fsp3) is 0.533. The van der Waals surface area contributed by atoms with Gasteiger partial charge in [-0.2, -0.15) is 0 Å². The fourth-order valence-corrected chi connectivity index (χ4v) is 2.05. The van der Waals surface area contributed by atoms with Crippen molar-refractivity contribution in [2.75, 3.05) is 43.1 Å². The van der Waals surface area contributed by atoms with Crippen molar-refractivity contribution in [2.45, 2.75) is 13.8 Å². The zero-order valence-corrected chi connectivity index (χ0v) is 12.3. The highest BCUT2D eigenvalue weighted by atomic mass is 16.5. The van der Waals surface area contributed by atoms with E-state index in [1.165, 1.54) is 5.69 Å². The summed E-state index contributed by atoms with van der Waals surface area (Å²) in [5.74, 6) is 0.983. The second kappa shape index (κ2) is 7.14. The molecule has 1 aromatic rings. The summed E-state index contributed by atoms with van der Waals surface area (Å²) in [4.78, 5) is 6.61. The van der Waals surface area contributed by atoms with Crippen LogP contribution < -0.4 is 16.0 Å². The summed E-state index contributed by atoms with van der Waals surface area (Å²) < 4.78 is 5.36. The fourth-order valence-electron chi connectivity index (χ4n) is 2.05. The van der Waals surface area contributed by atoms with Crippen LogP contribution in [0, 0.1) is 5.92 Å². The predicted octanol–water partition coefficient (Wildman–Crippen LogP) is 1.91. The molecule has 1 aliphatic rings. The molecule has 20 heavy (non-hydrogen) atoms. The first-order chi connectivity index (χ1) is 9.65. The number of guanidine groups is 1. The van der Waals surface area contributed by atoms with Gasteiger partial charge in [0.1, 0.15) is 0 Å². The number of benzene rings is 1. The molecular weight excluding hydrogens is 252 g/mol. The minimum absolute atomic E-state index is 0.470. The molecule has 1 aromatic carbocycles. The first-order valence-electron chi connectivity index (χ1n) is 7.15. The van der Waals surface area contributed by atoms with E-state index in [2.05, 4.69) is 41.2 Å². The number of anilines is 2. The van der Waals surface area contributed by atoms with E-state index in [0.717, 1.165) is 38.5 Å². The van der Waals surface area contributed by atoms with Crippen LogP contribution in [0.5, 0.6) is 0 Å². The van der Waals surface area contributed by atoms with Gasteiger partial charge >= 0.3 is 0 Å². The van der Waals surface area contributed by atoms with Gasteiger partial charge in [-0.3, -0.25) is 4.99 Å². The van der Waals surface area contributed by atoms with Crippen molar-refractivity contribution in [3.63, 3.8) is 0 Å². The van der Waals surface area contributed by atoms with Gasteiger partial charge in [0.15, 0.2) is 5.96 Å². The molecule has 2 rings (SSSR count). The third kappa shape index (κ3) is 4.42. The van der Waals surface area contributed by atoms with Crippen molar-refractivity contribution in [3.8, 4) is 0 Å². The van der Waals surface area contributed by atoms with Crippen LogP contribution in [0.1, 0.15) is 13.8 Å². The van der Waals surface area contributed by atoms with Gasteiger partial charge in [0.25, 0.3) is 0 Å². The Balaban J connectivity index is 1.92. The molecule has 0 unspecified atom stereocenters. The summed E-state index contributed by atoms with van der Waals surface area (Å²) in [6.07, 6.45) is 0. The number of hydrogen-bond donors (Lipinski definition) is 2. The Kier molecular flexibility index (Phi) is 5.24. The van der Waals surface area contributed by atoms with E-state index < -0.39 is 0 Å². The van der Waals surface area contributed by atoms with Crippen LogP contribution in [0.3, 0.4) is 0 Å². The first kappa shape index (κ1) is 14.7. The molecule has 0 spiro atoms. The number of morpholine rings is 1. The van der Waals surface area contributed by atoms with Gasteiger partial charge in [-0.25, -0.2) is 0 Å². The Labute approximate surface area is 120 Å². The summed E-state index contributed by atoms with van der Waals surface area (Å²) in [6, 6.07) is 8.26. The van der Waals surface area contributed by atoms with Crippen molar-refractivity contribution in [1.29, 1.82) is 0 Å². The van der Waals surface area contributed by atoms with Crippen molar-refractivity contribution in [1.82, 2.24) is 0 Å². The molecule has 5 heteroatoms. The molecule has 0 saturated carbocycles. The molecule has 1 fully saturated rings. The quantitative estimate of drug-likeness (QED) is 0.651. The molecule has 0 aliphatic carbocycles. The summed E-state index contributed by atoms with van der Waals surface area (Å²) in [6.45, 7) is 8.48. The smallest absolute Gasteiger partial charge is 0.193 e. The largest absolute Gasteiger partial charge is 0.378 e. The van der Waals surface area contributed by atoms with E-state index in [1.807, 2.05) is 12.1 Å². The summed E-state index contributed by atoms with van der Waals surface area (Å²) in [5, 5.41) is 3.11. The third-order valence-corrected chi connectivity index (χ3v) is 3.14. The normalized spacial score (nSPS) is 16.6. The minimum Gasteiger partial charge on any atom is -0.378 e. The van der Waals surface area contributed by atoms with Gasteiger partial charge in [0.2, 0.25) is 0 Å². The lowest BCUT2D eigenvalue weighted by Crippen LogP contribution is -2.36. The number of nitrogens with one attached hydrogen (secondary N) is 1. The van der Waals surface area contributed by atoms with Crippen LogP contribution in [0.4, 0.5) is 11.4 Å². The predicted molar refractivity (Wildman–Crippen MR) is 84.4 cm³/mol. The monoisotopic (exact) mass is 276 g/mol. The number of nitrogens with zero attached hydrogens (tertiary/aromatic N) is 2. The van der Waals surface area contributed by atoms with E-state index >= 15 is 0 Å². The molecule has 1 aliphatic heterocycles. The van der Waals surface area contributed by atoms with Crippen molar-refractivity contribution in [2.24, 2.45) is 16.6 Å². The topological polar surface area (TPSA) is 62.9 Å². The average Bonchev–Trinajstić information content (AvgIpc) is 2.47. The molecule has 0 radical (unpaired) electrons. The van der Waals surface area contributed by atoms with Crippen molar-refractivity contribution >= 4 is 17.3 Å². The van der Waals surface area contributed by atoms with Crippen molar-refractivity contribution in [3.05, 3.63) is 24.3 Å². The maximum atomic E-state index is 5.85. The molecular formula is C15H24N4O. The Morgan fingerprint density at radius 2 is 1.95 bits per heavy atom. The van der Waals surface area contributed by atoms with Gasteiger partial charge < -0.3 is 20.7 Å². The Morgan fingerprint density at radius 3 is 2.55 bits per heavy atom. The highest BCUT2D eigenvalue weighted by molar-refractivity contribution is 5.92. The molecule has 110 valence electrons. The zero-order chi connectivity index (χ0) is 14.4. The number of nitrogens with two attached hydrogens (primary N) is 1. The lowest BCUT2D eigenvalue weighted by atomic mass is 10.2. The van der Waals surface area contributed by atoms with Crippen LogP contribution >= 0.6 is 0 Å². The second-order valence-corrected chi connectivity index (χ2v) is 5.39. The van der Waals surface area contributed by atoms with Gasteiger partial charge in [-0.05, 0) is 30.2 Å². The maximum absolute atomic E-state index is 5.85. The highest BCUT2D eigenvalue weighted by Crippen LogP contribution is 2.18. The van der Waals surface area contributed by atoms with Gasteiger partial charge in [0, 0.05) is 31.0 Å². The second-order valence-electron chi connectivity index (χ2n) is 5.39. The first-order valence-corrected chi connectivity index (χ1v) is 7.15. The molecule has 0 bridgehead atoms. The lowest BCUT2D eigenvalue weighted by Gasteiger charge is -2.28. The molecule has 0 amide bonds. The molecule has 0 aromatic heterocycles. The van der Waals surface area contributed by atoms with Gasteiger partial charge in [0.05, 0.1) is 13.2 Å². The van der Waals surface area contributed by atoms with Gasteiger partial charge in [-0.15, -0.1) is 0 Å². The van der Waals surface area contributed by atoms with Crippen molar-refractivity contribution < 1.29 is 4.74 Å². The summed E-state index contributed by atoms with van der Waals surface area (Å²) >= 11 is 0. The standard InChI is InChI=1S/C15H24N4O/c1-12(2)11-17-15(16)18-13-3-5-14(6-4-13)19-7-9-20-10-8-19/h3-6,12H,7-11H2,1-2H3,(H3,16,17,18). The van der Waals surface area contributed by atoms with Crippen LogP contribution in [0.25, 0.3) is 0 Å². The minimum atomic E-state index is 0.470. The lowest BCUT2D eigenvalue weighted by molar-refractivity contribution is 0.122. The molecule has 1 saturated heterocycles. The van der Waals surface area contributed by atoms with E-state index in [4.69, 9.17) is 10.5 Å². The number of aliphatic imine (C=N–C) groups is 1. The van der Waals surface area contributed by atoms with Crippen LogP contribution in [-0.2, 0) is 4.74 Å². The average molecular weight is 276 g/mol. The Morgan fingerprint density at radius 1 is 1.30 bits per heavy atom. The van der Waals surface area contributed by atoms with E-state index in [-0.39, 0.29) is 0 Å². The van der Waals surface area contributed by atoms with Gasteiger partial charge in [-0.1, -0.05) is 13.8 Å². The van der Waals surface area contributed by atoms with E-state index in [0.29, 0.717) is 11.9 Å². The molecule has 1 heterocycles. The summed E-state index contributed by atoms with van der Waals surface area (Å²) in [7, 11) is 0. The number of ether oxygens (including phenoxy) is 1. The highest BCUT2D eigenvalue weighted by Gasteiger charge is 2.10. The Bertz CT molecular complexity index is 436. The SMILES string of the molecule is CC(C)CN=C(N)Nc1ccc(N2CCOCC2)cc1. The Hall–Kier alpha value is -1.75. The van der Waals surface area contributed by atoms with Crippen LogP contribution in [0.2, 0.25) is 0 Å². The van der Waals surface area contributed by atoms with E-state index in [1.54, 1.807) is 0 Å². The van der Waals surface area contributed by atoms with Crippen LogP contribution in [0.15, 0.2) is 29.3 Å². The number of hydrogen-bond acceptors (Lipinski definition) is 3. The zero-order valence-electron chi connectivity index (χ0n) is 12.3. The third-order valence-electron chi connectivity index (χ3n) is 3.14. The van der Waals surface area contributed by atoms with E-state index in [9.17, 15) is 0 Å².